The molecule has 0 radical (unpaired) electrons. The molecule has 7 nitrogen and oxygen atoms in total. The molecule has 0 spiro atoms. The lowest BCUT2D eigenvalue weighted by Gasteiger charge is -2.48. The zero-order valence-electron chi connectivity index (χ0n) is 14.1. The van der Waals surface area contributed by atoms with Gasteiger partial charge in [0.05, 0.1) is 11.3 Å². The fourth-order valence-electron chi connectivity index (χ4n) is 2.74. The largest absolute Gasteiger partial charge is 0.478 e. The van der Waals surface area contributed by atoms with Crippen LogP contribution >= 0.6 is 0 Å². The van der Waals surface area contributed by atoms with E-state index in [4.69, 9.17) is 24.7 Å². The van der Waals surface area contributed by atoms with Gasteiger partial charge < -0.3 is 29.8 Å². The Morgan fingerprint density at radius 3 is 2.22 bits per heavy atom. The van der Waals surface area contributed by atoms with Gasteiger partial charge in [-0.15, -0.1) is 0 Å². The molecule has 1 aliphatic rings. The number of nitrogens with two attached hydrogens (primary N) is 1. The summed E-state index contributed by atoms with van der Waals surface area (Å²) in [4.78, 5) is 11.4. The number of nitrogen functional groups attached to an aromatic ring is 1. The third kappa shape index (κ3) is 2.70. The second-order valence-corrected chi connectivity index (χ2v) is 5.56. The zero-order chi connectivity index (χ0) is 17.4. The predicted molar refractivity (Wildman–Crippen MR) is 83.9 cm³/mol. The summed E-state index contributed by atoms with van der Waals surface area (Å²) in [6.45, 7) is 9.46. The molecule has 2 atom stereocenters. The summed E-state index contributed by atoms with van der Waals surface area (Å²) in [5, 5.41) is 9.34. The van der Waals surface area contributed by atoms with Crippen molar-refractivity contribution in [2.75, 3.05) is 18.9 Å². The first-order chi connectivity index (χ1) is 10.7. The smallest absolute Gasteiger partial charge is 0.338 e. The number of carboxylic acids is 1. The number of benzene rings is 1. The van der Waals surface area contributed by atoms with E-state index in [0.717, 1.165) is 0 Å². The standard InChI is InChI=1S/C16H23NO6/c1-6-20-15(4)16(5,21-7-2)23-13-9(3)12(14(18)19)10(17)8-11(13)22-15/h8H,6-7,17H2,1-5H3,(H,18,19). The Bertz CT molecular complexity index is 631. The molecule has 1 aromatic rings. The molecule has 2 rings (SSSR count). The molecule has 1 aliphatic heterocycles. The number of fused-ring (bicyclic) bond motifs is 1. The van der Waals surface area contributed by atoms with Crippen LogP contribution in [0.5, 0.6) is 11.5 Å². The van der Waals surface area contributed by atoms with E-state index in [1.165, 1.54) is 6.07 Å². The highest BCUT2D eigenvalue weighted by Crippen LogP contribution is 2.48. The Kier molecular flexibility index (Phi) is 4.45. The highest BCUT2D eigenvalue weighted by atomic mass is 16.8. The zero-order valence-corrected chi connectivity index (χ0v) is 14.1. The van der Waals surface area contributed by atoms with E-state index in [1.807, 2.05) is 13.8 Å². The second-order valence-electron chi connectivity index (χ2n) is 5.56. The summed E-state index contributed by atoms with van der Waals surface area (Å²) in [6, 6.07) is 1.44. The molecular formula is C16H23NO6. The van der Waals surface area contributed by atoms with E-state index >= 15 is 0 Å². The normalized spacial score (nSPS) is 26.1. The Balaban J connectivity index is 2.61. The van der Waals surface area contributed by atoms with Gasteiger partial charge in [0.1, 0.15) is 0 Å². The molecule has 0 amide bonds. The first-order valence-corrected chi connectivity index (χ1v) is 7.51. The van der Waals surface area contributed by atoms with Gasteiger partial charge in [-0.05, 0) is 20.8 Å². The van der Waals surface area contributed by atoms with Crippen LogP contribution in [-0.4, -0.2) is 35.9 Å². The highest BCUT2D eigenvalue weighted by molar-refractivity contribution is 5.97. The second kappa shape index (κ2) is 5.90. The molecule has 7 heteroatoms. The van der Waals surface area contributed by atoms with Gasteiger partial charge in [-0.1, -0.05) is 0 Å². The summed E-state index contributed by atoms with van der Waals surface area (Å²) in [6.07, 6.45) is 0. The highest BCUT2D eigenvalue weighted by Gasteiger charge is 2.56. The number of rotatable bonds is 5. The Hall–Kier alpha value is -1.99. The maximum atomic E-state index is 11.4. The monoisotopic (exact) mass is 325 g/mol. The maximum absolute atomic E-state index is 11.4. The van der Waals surface area contributed by atoms with Crippen molar-refractivity contribution in [3.8, 4) is 11.5 Å². The molecule has 3 N–H and O–H groups in total. The van der Waals surface area contributed by atoms with Crippen LogP contribution in [-0.2, 0) is 9.47 Å². The van der Waals surface area contributed by atoms with Crippen LogP contribution in [0.15, 0.2) is 6.07 Å². The van der Waals surface area contributed by atoms with Crippen molar-refractivity contribution in [1.29, 1.82) is 0 Å². The van der Waals surface area contributed by atoms with Crippen molar-refractivity contribution < 1.29 is 28.8 Å². The van der Waals surface area contributed by atoms with E-state index in [0.29, 0.717) is 30.3 Å². The summed E-state index contributed by atoms with van der Waals surface area (Å²) in [7, 11) is 0. The SMILES string of the molecule is CCOC1(C)Oc2cc(N)c(C(=O)O)c(C)c2OC1(C)OCC. The third-order valence-corrected chi connectivity index (χ3v) is 3.99. The van der Waals surface area contributed by atoms with Gasteiger partial charge in [-0.25, -0.2) is 4.79 Å². The van der Waals surface area contributed by atoms with Gasteiger partial charge >= 0.3 is 5.97 Å². The summed E-state index contributed by atoms with van der Waals surface area (Å²) < 4.78 is 23.4. The van der Waals surface area contributed by atoms with Gasteiger partial charge in [0.15, 0.2) is 11.5 Å². The Morgan fingerprint density at radius 2 is 1.74 bits per heavy atom. The van der Waals surface area contributed by atoms with Gasteiger partial charge in [0.2, 0.25) is 0 Å². The van der Waals surface area contributed by atoms with E-state index in [2.05, 4.69) is 0 Å². The van der Waals surface area contributed by atoms with Crippen LogP contribution in [0.3, 0.4) is 0 Å². The topological polar surface area (TPSA) is 100 Å². The predicted octanol–water partition coefficient (Wildman–Crippen LogP) is 2.55. The molecule has 0 bridgehead atoms. The minimum atomic E-state index is -1.23. The Labute approximate surface area is 135 Å². The molecule has 0 aromatic heterocycles. The number of carboxylic acid groups (broad SMARTS) is 1. The molecule has 2 unspecified atom stereocenters. The van der Waals surface area contributed by atoms with Crippen molar-refractivity contribution in [2.24, 2.45) is 0 Å². The molecule has 0 saturated heterocycles. The summed E-state index contributed by atoms with van der Waals surface area (Å²) in [5.74, 6) is -2.93. The van der Waals surface area contributed by atoms with Gasteiger partial charge in [-0.2, -0.15) is 0 Å². The minimum Gasteiger partial charge on any atom is -0.478 e. The van der Waals surface area contributed by atoms with Gasteiger partial charge in [0.25, 0.3) is 11.6 Å². The van der Waals surface area contributed by atoms with Crippen molar-refractivity contribution in [3.63, 3.8) is 0 Å². The quantitative estimate of drug-likeness (QED) is 0.802. The first kappa shape index (κ1) is 17.4. The van der Waals surface area contributed by atoms with Gasteiger partial charge in [-0.3, -0.25) is 0 Å². The third-order valence-electron chi connectivity index (χ3n) is 3.99. The van der Waals surface area contributed by atoms with E-state index in [9.17, 15) is 9.90 Å². The van der Waals surface area contributed by atoms with Crippen LogP contribution in [0.4, 0.5) is 5.69 Å². The molecule has 1 aromatic carbocycles. The molecule has 0 aliphatic carbocycles. The van der Waals surface area contributed by atoms with E-state index in [1.54, 1.807) is 20.8 Å². The molecular weight excluding hydrogens is 302 g/mol. The lowest BCUT2D eigenvalue weighted by atomic mass is 10.0. The number of hydrogen-bond donors (Lipinski definition) is 2. The maximum Gasteiger partial charge on any atom is 0.338 e. The van der Waals surface area contributed by atoms with Crippen LogP contribution in [0.2, 0.25) is 0 Å². The van der Waals surface area contributed by atoms with Crippen LogP contribution in [0, 0.1) is 6.92 Å². The molecule has 0 saturated carbocycles. The molecule has 0 fully saturated rings. The number of anilines is 1. The molecule has 1 heterocycles. The first-order valence-electron chi connectivity index (χ1n) is 7.51. The summed E-state index contributed by atoms with van der Waals surface area (Å²) >= 11 is 0. The van der Waals surface area contributed by atoms with E-state index in [-0.39, 0.29) is 11.3 Å². The minimum absolute atomic E-state index is 0.00814. The van der Waals surface area contributed by atoms with Crippen LogP contribution in [0.25, 0.3) is 0 Å². The van der Waals surface area contributed by atoms with Crippen LogP contribution in [0.1, 0.15) is 43.6 Å². The number of aromatic carboxylic acids is 1. The van der Waals surface area contributed by atoms with E-state index < -0.39 is 17.5 Å². The number of hydrogen-bond acceptors (Lipinski definition) is 6. The van der Waals surface area contributed by atoms with Crippen molar-refractivity contribution in [1.82, 2.24) is 0 Å². The van der Waals surface area contributed by atoms with Crippen molar-refractivity contribution in [2.45, 2.75) is 46.2 Å². The number of carbonyl (C=O) groups is 1. The fraction of sp³-hybridized carbons (Fsp3) is 0.562. The summed E-state index contributed by atoms with van der Waals surface area (Å²) in [5.41, 5.74) is 6.33. The number of ether oxygens (including phenoxy) is 4. The lowest BCUT2D eigenvalue weighted by Crippen LogP contribution is -2.63. The Morgan fingerprint density at radius 1 is 1.22 bits per heavy atom. The van der Waals surface area contributed by atoms with Crippen LogP contribution < -0.4 is 15.2 Å². The average Bonchev–Trinajstić information content (AvgIpc) is 2.42. The van der Waals surface area contributed by atoms with Crippen molar-refractivity contribution >= 4 is 11.7 Å². The fourth-order valence-corrected chi connectivity index (χ4v) is 2.74. The molecule has 128 valence electrons. The molecule has 23 heavy (non-hydrogen) atoms. The average molecular weight is 325 g/mol. The lowest BCUT2D eigenvalue weighted by molar-refractivity contribution is -0.357. The van der Waals surface area contributed by atoms with Crippen molar-refractivity contribution in [3.05, 3.63) is 17.2 Å². The van der Waals surface area contributed by atoms with Gasteiger partial charge in [0, 0.05) is 38.7 Å².